The first-order chi connectivity index (χ1) is 12.3. The Hall–Kier alpha value is -3.41. The van der Waals surface area contributed by atoms with Crippen molar-refractivity contribution in [1.29, 1.82) is 0 Å². The standard InChI is InChI=1S/C19H17N5O/c1-25-24-18-17(23-19(24)20)12-14(15-9-5-6-10-21-15)16(22-18)11-13-7-3-2-4-8-13/h2-10,12H,11H2,1H3,(H2,20,23). The van der Waals surface area contributed by atoms with Crippen LogP contribution in [0, 0.1) is 0 Å². The smallest absolute Gasteiger partial charge is 0.237 e. The molecule has 0 fully saturated rings. The monoisotopic (exact) mass is 331 g/mol. The number of benzene rings is 1. The highest BCUT2D eigenvalue weighted by atomic mass is 16.6. The van der Waals surface area contributed by atoms with Crippen LogP contribution in [0.4, 0.5) is 5.95 Å². The van der Waals surface area contributed by atoms with Gasteiger partial charge in [-0.25, -0.2) is 9.97 Å². The number of nitrogens with two attached hydrogens (primary N) is 1. The van der Waals surface area contributed by atoms with E-state index in [9.17, 15) is 0 Å². The Balaban J connectivity index is 1.93. The Kier molecular flexibility index (Phi) is 3.78. The molecule has 3 heterocycles. The van der Waals surface area contributed by atoms with Crippen molar-refractivity contribution in [1.82, 2.24) is 19.7 Å². The fourth-order valence-electron chi connectivity index (χ4n) is 2.89. The van der Waals surface area contributed by atoms with Crippen molar-refractivity contribution in [2.75, 3.05) is 12.8 Å². The lowest BCUT2D eigenvalue weighted by molar-refractivity contribution is 0.181. The molecule has 0 unspecified atom stereocenters. The SMILES string of the molecule is COn1c(N)nc2cc(-c3ccccn3)c(Cc3ccccc3)nc21. The average molecular weight is 331 g/mol. The van der Waals surface area contributed by atoms with Crippen molar-refractivity contribution >= 4 is 17.1 Å². The van der Waals surface area contributed by atoms with Crippen LogP contribution in [-0.2, 0) is 6.42 Å². The van der Waals surface area contributed by atoms with Crippen LogP contribution in [0.15, 0.2) is 60.8 Å². The number of anilines is 1. The van der Waals surface area contributed by atoms with Crippen molar-refractivity contribution < 1.29 is 4.84 Å². The summed E-state index contributed by atoms with van der Waals surface area (Å²) in [5.74, 6) is 0.272. The Labute approximate surface area is 144 Å². The van der Waals surface area contributed by atoms with Gasteiger partial charge in [0.1, 0.15) is 12.6 Å². The van der Waals surface area contributed by atoms with Gasteiger partial charge < -0.3 is 10.6 Å². The number of hydrogen-bond donors (Lipinski definition) is 1. The van der Waals surface area contributed by atoms with Crippen LogP contribution < -0.4 is 10.6 Å². The van der Waals surface area contributed by atoms with Gasteiger partial charge in [0.15, 0.2) is 5.65 Å². The number of nitrogen functional groups attached to an aromatic ring is 1. The lowest BCUT2D eigenvalue weighted by atomic mass is 10.0. The summed E-state index contributed by atoms with van der Waals surface area (Å²) in [5.41, 5.74) is 11.1. The maximum absolute atomic E-state index is 5.93. The van der Waals surface area contributed by atoms with Gasteiger partial charge in [0.2, 0.25) is 5.95 Å². The third kappa shape index (κ3) is 2.78. The molecule has 4 aromatic rings. The van der Waals surface area contributed by atoms with E-state index < -0.39 is 0 Å². The predicted molar refractivity (Wildman–Crippen MR) is 96.9 cm³/mol. The number of pyridine rings is 2. The van der Waals surface area contributed by atoms with E-state index in [0.717, 1.165) is 17.0 Å². The van der Waals surface area contributed by atoms with Gasteiger partial charge in [-0.2, -0.15) is 0 Å². The largest absolute Gasteiger partial charge is 0.412 e. The first-order valence-corrected chi connectivity index (χ1v) is 7.94. The molecule has 0 aliphatic rings. The molecule has 0 aliphatic heterocycles. The molecule has 0 radical (unpaired) electrons. The molecule has 0 saturated carbocycles. The minimum Gasteiger partial charge on any atom is -0.412 e. The molecular formula is C19H17N5O. The summed E-state index contributed by atoms with van der Waals surface area (Å²) in [5, 5.41) is 0. The number of rotatable bonds is 4. The van der Waals surface area contributed by atoms with E-state index in [-0.39, 0.29) is 5.95 Å². The van der Waals surface area contributed by atoms with Gasteiger partial charge in [-0.3, -0.25) is 4.98 Å². The van der Waals surface area contributed by atoms with Gasteiger partial charge in [-0.15, -0.1) is 4.73 Å². The topological polar surface area (TPSA) is 78.9 Å². The molecule has 0 aliphatic carbocycles. The van der Waals surface area contributed by atoms with Crippen LogP contribution in [0.5, 0.6) is 0 Å². The highest BCUT2D eigenvalue weighted by Crippen LogP contribution is 2.27. The molecule has 0 atom stereocenters. The van der Waals surface area contributed by atoms with Crippen LogP contribution in [0.1, 0.15) is 11.3 Å². The second-order valence-electron chi connectivity index (χ2n) is 5.65. The minimum absolute atomic E-state index is 0.272. The summed E-state index contributed by atoms with van der Waals surface area (Å²) in [6.45, 7) is 0. The number of hydrogen-bond acceptors (Lipinski definition) is 5. The molecule has 124 valence electrons. The van der Waals surface area contributed by atoms with Crippen molar-refractivity contribution in [3.05, 3.63) is 72.1 Å². The summed E-state index contributed by atoms with van der Waals surface area (Å²) in [4.78, 5) is 18.9. The van der Waals surface area contributed by atoms with Crippen LogP contribution in [0.2, 0.25) is 0 Å². The van der Waals surface area contributed by atoms with Crippen LogP contribution >= 0.6 is 0 Å². The summed E-state index contributed by atoms with van der Waals surface area (Å²) in [6, 6.07) is 18.0. The second-order valence-corrected chi connectivity index (χ2v) is 5.65. The fourth-order valence-corrected chi connectivity index (χ4v) is 2.89. The van der Waals surface area contributed by atoms with Gasteiger partial charge in [0.25, 0.3) is 0 Å². The second kappa shape index (κ2) is 6.24. The number of nitrogens with zero attached hydrogens (tertiary/aromatic N) is 4. The van der Waals surface area contributed by atoms with Crippen molar-refractivity contribution in [2.45, 2.75) is 6.42 Å². The predicted octanol–water partition coefficient (Wildman–Crippen LogP) is 2.72. The fraction of sp³-hybridized carbons (Fsp3) is 0.105. The maximum atomic E-state index is 5.93. The van der Waals surface area contributed by atoms with Crippen molar-refractivity contribution in [3.63, 3.8) is 0 Å². The van der Waals surface area contributed by atoms with E-state index in [2.05, 4.69) is 22.1 Å². The summed E-state index contributed by atoms with van der Waals surface area (Å²) in [7, 11) is 1.54. The zero-order valence-electron chi connectivity index (χ0n) is 13.8. The van der Waals surface area contributed by atoms with Gasteiger partial charge in [0, 0.05) is 18.2 Å². The number of fused-ring (bicyclic) bond motifs is 1. The molecule has 6 heteroatoms. The molecule has 0 amide bonds. The maximum Gasteiger partial charge on any atom is 0.237 e. The molecule has 6 nitrogen and oxygen atoms in total. The van der Waals surface area contributed by atoms with Crippen molar-refractivity contribution in [3.8, 4) is 11.3 Å². The summed E-state index contributed by atoms with van der Waals surface area (Å²) < 4.78 is 1.44. The first-order valence-electron chi connectivity index (χ1n) is 7.94. The highest BCUT2D eigenvalue weighted by Gasteiger charge is 2.16. The quantitative estimate of drug-likeness (QED) is 0.622. The molecule has 25 heavy (non-hydrogen) atoms. The van der Waals surface area contributed by atoms with E-state index in [1.165, 1.54) is 10.3 Å². The lowest BCUT2D eigenvalue weighted by Crippen LogP contribution is -2.10. The minimum atomic E-state index is 0.272. The zero-order chi connectivity index (χ0) is 17.2. The summed E-state index contributed by atoms with van der Waals surface area (Å²) >= 11 is 0. The Morgan fingerprint density at radius 2 is 1.84 bits per heavy atom. The van der Waals surface area contributed by atoms with E-state index in [4.69, 9.17) is 15.6 Å². The van der Waals surface area contributed by atoms with Gasteiger partial charge in [-0.1, -0.05) is 36.4 Å². The third-order valence-electron chi connectivity index (χ3n) is 4.04. The third-order valence-corrected chi connectivity index (χ3v) is 4.04. The van der Waals surface area contributed by atoms with Crippen molar-refractivity contribution in [2.24, 2.45) is 0 Å². The molecule has 0 saturated heterocycles. The Morgan fingerprint density at radius 3 is 2.56 bits per heavy atom. The first kappa shape index (κ1) is 15.1. The molecule has 3 aromatic heterocycles. The highest BCUT2D eigenvalue weighted by molar-refractivity contribution is 5.81. The van der Waals surface area contributed by atoms with E-state index in [0.29, 0.717) is 17.6 Å². The Morgan fingerprint density at radius 1 is 1.04 bits per heavy atom. The number of aromatic nitrogens is 4. The Bertz CT molecular complexity index is 1010. The van der Waals surface area contributed by atoms with E-state index >= 15 is 0 Å². The molecular weight excluding hydrogens is 314 g/mol. The van der Waals surface area contributed by atoms with Gasteiger partial charge >= 0.3 is 0 Å². The normalized spacial score (nSPS) is 10.9. The average Bonchev–Trinajstić information content (AvgIpc) is 2.96. The molecule has 2 N–H and O–H groups in total. The van der Waals surface area contributed by atoms with Gasteiger partial charge in [0.05, 0.1) is 11.4 Å². The zero-order valence-corrected chi connectivity index (χ0v) is 13.8. The lowest BCUT2D eigenvalue weighted by Gasteiger charge is -2.10. The molecule has 4 rings (SSSR count). The van der Waals surface area contributed by atoms with Crippen LogP contribution in [-0.4, -0.2) is 26.8 Å². The van der Waals surface area contributed by atoms with E-state index in [1.54, 1.807) is 13.3 Å². The molecule has 1 aromatic carbocycles. The molecule has 0 bridgehead atoms. The summed E-state index contributed by atoms with van der Waals surface area (Å²) in [6.07, 6.45) is 2.45. The van der Waals surface area contributed by atoms with Crippen LogP contribution in [0.3, 0.4) is 0 Å². The molecule has 0 spiro atoms. The van der Waals surface area contributed by atoms with E-state index in [1.807, 2.05) is 42.5 Å². The van der Waals surface area contributed by atoms with Gasteiger partial charge in [-0.05, 0) is 23.8 Å². The van der Waals surface area contributed by atoms with Crippen LogP contribution in [0.25, 0.3) is 22.4 Å². The number of imidazole rings is 1.